The maximum Gasteiger partial charge on any atom is 0.243 e. The van der Waals surface area contributed by atoms with Crippen molar-refractivity contribution in [3.8, 4) is 0 Å². The highest BCUT2D eigenvalue weighted by molar-refractivity contribution is 5.98. The van der Waals surface area contributed by atoms with E-state index in [1.165, 1.54) is 0 Å². The second kappa shape index (κ2) is 15.9. The van der Waals surface area contributed by atoms with Crippen LogP contribution in [0.25, 0.3) is 10.9 Å². The van der Waals surface area contributed by atoms with Crippen LogP contribution < -0.4 is 26.6 Å². The van der Waals surface area contributed by atoms with Crippen molar-refractivity contribution in [2.75, 3.05) is 0 Å². The fraction of sp³-hybridized carbons (Fsp3) is 0.618. The first-order valence-electron chi connectivity index (χ1n) is 16.2. The molecule has 2 heterocycles. The molecule has 1 aliphatic rings. The van der Waals surface area contributed by atoms with Crippen LogP contribution >= 0.6 is 0 Å². The summed E-state index contributed by atoms with van der Waals surface area (Å²) in [7, 11) is 0. The molecule has 2 aromatic rings. The Bertz CT molecular complexity index is 1350. The molecule has 1 saturated heterocycles. The van der Waals surface area contributed by atoms with Gasteiger partial charge >= 0.3 is 0 Å². The minimum atomic E-state index is -1.04. The second-order valence-corrected chi connectivity index (χ2v) is 13.9. The number of carbonyl (C=O) groups excluding carboxylic acids is 5. The van der Waals surface area contributed by atoms with Gasteiger partial charge in [-0.2, -0.15) is 0 Å². The van der Waals surface area contributed by atoms with E-state index < -0.39 is 59.7 Å². The van der Waals surface area contributed by atoms with Gasteiger partial charge < -0.3 is 31.6 Å². The maximum atomic E-state index is 14.0. The molecule has 3 rings (SSSR count). The summed E-state index contributed by atoms with van der Waals surface area (Å²) in [6.07, 6.45) is 2.96. The molecule has 45 heavy (non-hydrogen) atoms. The minimum absolute atomic E-state index is 0.0452. The Labute approximate surface area is 266 Å². The summed E-state index contributed by atoms with van der Waals surface area (Å²) >= 11 is 0. The molecule has 11 heteroatoms. The first-order valence-corrected chi connectivity index (χ1v) is 16.2. The number of nitrogens with one attached hydrogen (secondary N) is 6. The molecular formula is C34H52N6O5. The predicted octanol–water partition coefficient (Wildman–Crippen LogP) is 2.94. The molecule has 1 aliphatic heterocycles. The summed E-state index contributed by atoms with van der Waals surface area (Å²) in [6.45, 7) is 15.3. The van der Waals surface area contributed by atoms with Crippen LogP contribution in [0.5, 0.6) is 0 Å². The monoisotopic (exact) mass is 624 g/mol. The van der Waals surface area contributed by atoms with Crippen molar-refractivity contribution >= 4 is 40.4 Å². The number of fused-ring (bicyclic) bond motifs is 1. The summed E-state index contributed by atoms with van der Waals surface area (Å²) in [5.74, 6) is -2.66. The molecule has 0 aliphatic carbocycles. The molecule has 248 valence electrons. The Hall–Kier alpha value is -3.89. The summed E-state index contributed by atoms with van der Waals surface area (Å²) in [5, 5.41) is 15.2. The lowest BCUT2D eigenvalue weighted by Crippen LogP contribution is -2.59. The molecule has 5 atom stereocenters. The number of H-pyrrole nitrogens is 1. The van der Waals surface area contributed by atoms with Gasteiger partial charge in [-0.15, -0.1) is 0 Å². The molecule has 1 aromatic carbocycles. The van der Waals surface area contributed by atoms with Gasteiger partial charge in [0.05, 0.1) is 0 Å². The van der Waals surface area contributed by atoms with Crippen molar-refractivity contribution < 1.29 is 24.0 Å². The minimum Gasteiger partial charge on any atom is -0.361 e. The van der Waals surface area contributed by atoms with Crippen molar-refractivity contribution in [3.63, 3.8) is 0 Å². The van der Waals surface area contributed by atoms with E-state index in [-0.39, 0.29) is 30.1 Å². The number of hydrogen-bond donors (Lipinski definition) is 6. The number of aromatic amines is 1. The number of carbonyl (C=O) groups is 5. The second-order valence-electron chi connectivity index (χ2n) is 13.9. The first-order chi connectivity index (χ1) is 21.2. The normalized spacial score (nSPS) is 24.3. The highest BCUT2D eigenvalue weighted by Crippen LogP contribution is 2.20. The SMILES string of the molecule is CC(C)C[C@@H]1NC(=O)[C@H](CC(C)C)NC(=O)[C@H](C(C)C)NC(=O)[C@H](CC(C)C)NC(=O)[C@@H](Cc2c[nH]c3ccccc23)NC1=O. The topological polar surface area (TPSA) is 161 Å². The lowest BCUT2D eigenvalue weighted by Gasteiger charge is -2.28. The molecule has 5 amide bonds. The van der Waals surface area contributed by atoms with Crippen molar-refractivity contribution in [1.82, 2.24) is 31.6 Å². The Morgan fingerprint density at radius 1 is 0.556 bits per heavy atom. The van der Waals surface area contributed by atoms with Crippen LogP contribution in [-0.2, 0) is 30.4 Å². The van der Waals surface area contributed by atoms with Crippen LogP contribution in [0, 0.1) is 23.7 Å². The zero-order valence-corrected chi connectivity index (χ0v) is 28.0. The smallest absolute Gasteiger partial charge is 0.243 e. The van der Waals surface area contributed by atoms with Crippen LogP contribution in [0.15, 0.2) is 30.5 Å². The Balaban J connectivity index is 2.09. The van der Waals surface area contributed by atoms with E-state index in [1.54, 1.807) is 0 Å². The number of aromatic nitrogens is 1. The lowest BCUT2D eigenvalue weighted by atomic mass is 9.98. The molecule has 0 bridgehead atoms. The van der Waals surface area contributed by atoms with Crippen LogP contribution in [0.4, 0.5) is 0 Å². The molecular weight excluding hydrogens is 572 g/mol. The zero-order chi connectivity index (χ0) is 33.4. The van der Waals surface area contributed by atoms with Gasteiger partial charge in [-0.3, -0.25) is 24.0 Å². The third kappa shape index (κ3) is 10.1. The van der Waals surface area contributed by atoms with Crippen molar-refractivity contribution in [3.05, 3.63) is 36.0 Å². The van der Waals surface area contributed by atoms with E-state index in [9.17, 15) is 24.0 Å². The van der Waals surface area contributed by atoms with E-state index in [4.69, 9.17) is 0 Å². The number of para-hydroxylation sites is 1. The first kappa shape index (κ1) is 35.6. The quantitative estimate of drug-likeness (QED) is 0.253. The van der Waals surface area contributed by atoms with Crippen molar-refractivity contribution in [2.45, 2.75) is 111 Å². The number of rotatable bonds is 9. The van der Waals surface area contributed by atoms with Crippen LogP contribution in [0.1, 0.15) is 80.2 Å². The fourth-order valence-corrected chi connectivity index (χ4v) is 5.71. The number of hydrogen-bond acceptors (Lipinski definition) is 5. The van der Waals surface area contributed by atoms with E-state index >= 15 is 0 Å². The highest BCUT2D eigenvalue weighted by atomic mass is 16.2. The van der Waals surface area contributed by atoms with Gasteiger partial charge in [0.15, 0.2) is 0 Å². The maximum absolute atomic E-state index is 14.0. The van der Waals surface area contributed by atoms with Crippen LogP contribution in [0.2, 0.25) is 0 Å². The molecule has 11 nitrogen and oxygen atoms in total. The third-order valence-corrected chi connectivity index (χ3v) is 8.00. The van der Waals surface area contributed by atoms with E-state index in [0.29, 0.717) is 19.3 Å². The van der Waals surface area contributed by atoms with Gasteiger partial charge in [-0.05, 0) is 54.6 Å². The van der Waals surface area contributed by atoms with Gasteiger partial charge in [0.1, 0.15) is 30.2 Å². The number of benzene rings is 1. The zero-order valence-electron chi connectivity index (χ0n) is 28.0. The van der Waals surface area contributed by atoms with E-state index in [1.807, 2.05) is 85.9 Å². The molecule has 0 unspecified atom stereocenters. The summed E-state index contributed by atoms with van der Waals surface area (Å²) in [6, 6.07) is 2.89. The number of amides is 5. The van der Waals surface area contributed by atoms with Gasteiger partial charge in [-0.25, -0.2) is 0 Å². The Morgan fingerprint density at radius 2 is 0.978 bits per heavy atom. The Kier molecular flexibility index (Phi) is 12.6. The Morgan fingerprint density at radius 3 is 1.47 bits per heavy atom. The van der Waals surface area contributed by atoms with Gasteiger partial charge in [-0.1, -0.05) is 73.6 Å². The average Bonchev–Trinajstić information content (AvgIpc) is 3.35. The van der Waals surface area contributed by atoms with E-state index in [0.717, 1.165) is 16.5 Å². The fourth-order valence-electron chi connectivity index (χ4n) is 5.71. The molecule has 6 N–H and O–H groups in total. The molecule has 0 saturated carbocycles. The van der Waals surface area contributed by atoms with Crippen molar-refractivity contribution in [1.29, 1.82) is 0 Å². The highest BCUT2D eigenvalue weighted by Gasteiger charge is 2.36. The van der Waals surface area contributed by atoms with Crippen molar-refractivity contribution in [2.24, 2.45) is 23.7 Å². The lowest BCUT2D eigenvalue weighted by molar-refractivity contribution is -0.135. The largest absolute Gasteiger partial charge is 0.361 e. The molecule has 1 aromatic heterocycles. The molecule has 1 fully saturated rings. The summed E-state index contributed by atoms with van der Waals surface area (Å²) in [5.41, 5.74) is 1.72. The van der Waals surface area contributed by atoms with Gasteiger partial charge in [0, 0.05) is 23.5 Å². The van der Waals surface area contributed by atoms with Gasteiger partial charge in [0.2, 0.25) is 29.5 Å². The average molecular weight is 625 g/mol. The summed E-state index contributed by atoms with van der Waals surface area (Å²) in [4.78, 5) is 71.9. The third-order valence-electron chi connectivity index (χ3n) is 8.00. The molecule has 0 radical (unpaired) electrons. The van der Waals surface area contributed by atoms with Gasteiger partial charge in [0.25, 0.3) is 0 Å². The predicted molar refractivity (Wildman–Crippen MR) is 175 cm³/mol. The molecule has 0 spiro atoms. The van der Waals surface area contributed by atoms with E-state index in [2.05, 4.69) is 31.6 Å². The van der Waals surface area contributed by atoms with Crippen LogP contribution in [-0.4, -0.2) is 64.7 Å². The van der Waals surface area contributed by atoms with Crippen LogP contribution in [0.3, 0.4) is 0 Å². The standard InChI is InChI=1S/C34H52N6O5/c1-18(2)13-25-30(41)38-28(16-22-17-35-24-12-10-9-11-23(22)24)32(43)37-27(15-20(5)6)33(44)40-29(21(7)8)34(45)39-26(14-19(3)4)31(42)36-25/h9-12,17-21,25-29,35H,13-16H2,1-8H3,(H,36,42)(H,37,43)(H,38,41)(H,39,45)(H,40,44)/t25-,26-,27-,28+,29-/m0/s1. The summed E-state index contributed by atoms with van der Waals surface area (Å²) < 4.78 is 0.